The third-order valence-electron chi connectivity index (χ3n) is 5.07. The summed E-state index contributed by atoms with van der Waals surface area (Å²) in [6.07, 6.45) is -6.64. The summed E-state index contributed by atoms with van der Waals surface area (Å²) >= 11 is 3.41. The number of nitrogens with one attached hydrogen (secondary N) is 1. The second-order valence-electron chi connectivity index (χ2n) is 8.18. The Balaban J connectivity index is 0.000000333. The zero-order chi connectivity index (χ0) is 30.1. The van der Waals surface area contributed by atoms with Crippen molar-refractivity contribution in [3.63, 3.8) is 0 Å². The predicted molar refractivity (Wildman–Crippen MR) is 132 cm³/mol. The van der Waals surface area contributed by atoms with Crippen LogP contribution in [0.3, 0.4) is 0 Å². The third-order valence-corrected chi connectivity index (χ3v) is 5.51. The van der Waals surface area contributed by atoms with Gasteiger partial charge in [-0.25, -0.2) is 19.6 Å². The number of aliphatic hydroxyl groups excluding tert-OH is 1. The zero-order valence-electron chi connectivity index (χ0n) is 20.3. The van der Waals surface area contributed by atoms with Crippen LogP contribution in [0, 0.1) is 0 Å². The lowest BCUT2D eigenvalue weighted by atomic mass is 10.1. The fourth-order valence-electron chi connectivity index (χ4n) is 3.24. The van der Waals surface area contributed by atoms with Crippen molar-refractivity contribution < 1.29 is 56.0 Å². The van der Waals surface area contributed by atoms with Crippen LogP contribution in [0.5, 0.6) is 5.75 Å². The standard InChI is InChI=1S/C19H21BrN4O2.2C2HF3O2/c20-14-10-17-19(21-11-14)23-18(22-17)13-3-5-16(6-4-13)26-9-8-24-7-1-2-15(25)12-24;2*3-2(4,5)1(6)7/h3-6,10-11,15,25H,1-2,7-9,12H2,(H,21,22,23);2*(H,6,7). The summed E-state index contributed by atoms with van der Waals surface area (Å²) in [6.45, 7) is 3.24. The number of aliphatic carboxylic acids is 2. The number of aromatic amines is 1. The van der Waals surface area contributed by atoms with Crippen molar-refractivity contribution in [2.75, 3.05) is 26.2 Å². The van der Waals surface area contributed by atoms with Crippen molar-refractivity contribution in [1.82, 2.24) is 19.9 Å². The van der Waals surface area contributed by atoms with Gasteiger partial charge in [0.2, 0.25) is 0 Å². The zero-order valence-corrected chi connectivity index (χ0v) is 21.9. The number of nitrogens with zero attached hydrogens (tertiary/aromatic N) is 3. The number of imidazole rings is 1. The Morgan fingerprint density at radius 1 is 1.07 bits per heavy atom. The topological polar surface area (TPSA) is 149 Å². The monoisotopic (exact) mass is 644 g/mol. The van der Waals surface area contributed by atoms with Gasteiger partial charge in [-0.1, -0.05) is 0 Å². The van der Waals surface area contributed by atoms with Gasteiger partial charge < -0.3 is 25.0 Å². The quantitative estimate of drug-likeness (QED) is 0.295. The first kappa shape index (κ1) is 32.8. The molecule has 220 valence electrons. The van der Waals surface area contributed by atoms with E-state index in [4.69, 9.17) is 24.5 Å². The number of aliphatic hydroxyl groups is 1. The lowest BCUT2D eigenvalue weighted by Gasteiger charge is -2.29. The average molecular weight is 645 g/mol. The van der Waals surface area contributed by atoms with Crippen molar-refractivity contribution in [3.05, 3.63) is 41.0 Å². The van der Waals surface area contributed by atoms with Gasteiger partial charge in [-0.2, -0.15) is 26.3 Å². The highest BCUT2D eigenvalue weighted by Gasteiger charge is 2.38. The number of carboxylic acids is 2. The Morgan fingerprint density at radius 3 is 2.17 bits per heavy atom. The Labute approximate surface area is 230 Å². The highest BCUT2D eigenvalue weighted by Crippen LogP contribution is 2.23. The van der Waals surface area contributed by atoms with E-state index in [-0.39, 0.29) is 6.10 Å². The molecule has 1 atom stereocenters. The number of carbonyl (C=O) groups is 2. The highest BCUT2D eigenvalue weighted by atomic mass is 79.9. The molecule has 17 heteroatoms. The first-order valence-corrected chi connectivity index (χ1v) is 12.1. The number of carboxylic acid groups (broad SMARTS) is 2. The molecule has 0 amide bonds. The molecule has 1 fully saturated rings. The second-order valence-corrected chi connectivity index (χ2v) is 9.10. The summed E-state index contributed by atoms with van der Waals surface area (Å²) in [4.78, 5) is 32.2. The lowest BCUT2D eigenvalue weighted by molar-refractivity contribution is -0.193. The number of pyridine rings is 1. The Kier molecular flexibility index (Phi) is 11.7. The maximum atomic E-state index is 10.6. The van der Waals surface area contributed by atoms with E-state index in [1.807, 2.05) is 30.3 Å². The molecule has 1 saturated heterocycles. The van der Waals surface area contributed by atoms with Crippen molar-refractivity contribution in [1.29, 1.82) is 0 Å². The number of benzene rings is 1. The number of piperidine rings is 1. The lowest BCUT2D eigenvalue weighted by Crippen LogP contribution is -2.40. The minimum absolute atomic E-state index is 0.193. The van der Waals surface area contributed by atoms with Crippen molar-refractivity contribution in [2.24, 2.45) is 0 Å². The van der Waals surface area contributed by atoms with Gasteiger partial charge in [0.25, 0.3) is 0 Å². The molecule has 0 saturated carbocycles. The van der Waals surface area contributed by atoms with Gasteiger partial charge in [-0.3, -0.25) is 4.90 Å². The van der Waals surface area contributed by atoms with Gasteiger partial charge in [0, 0.05) is 29.3 Å². The molecule has 0 aliphatic carbocycles. The van der Waals surface area contributed by atoms with Crippen LogP contribution in [-0.2, 0) is 9.59 Å². The molecule has 1 aromatic carbocycles. The molecule has 1 aliphatic heterocycles. The number of rotatable bonds is 5. The minimum atomic E-state index is -5.08. The van der Waals surface area contributed by atoms with Crippen LogP contribution in [-0.4, -0.2) is 91.8 Å². The number of hydrogen-bond acceptors (Lipinski definition) is 7. The van der Waals surface area contributed by atoms with Crippen LogP contribution < -0.4 is 4.74 Å². The number of hydrogen-bond donors (Lipinski definition) is 4. The number of aromatic nitrogens is 3. The minimum Gasteiger partial charge on any atom is -0.492 e. The molecule has 1 unspecified atom stereocenters. The highest BCUT2D eigenvalue weighted by molar-refractivity contribution is 9.10. The fourth-order valence-corrected chi connectivity index (χ4v) is 3.56. The van der Waals surface area contributed by atoms with Crippen LogP contribution in [0.2, 0.25) is 0 Å². The van der Waals surface area contributed by atoms with E-state index in [9.17, 15) is 31.4 Å². The van der Waals surface area contributed by atoms with Crippen molar-refractivity contribution >= 4 is 39.0 Å². The third kappa shape index (κ3) is 11.0. The SMILES string of the molecule is O=C(O)C(F)(F)F.O=C(O)C(F)(F)F.OC1CCCN(CCOc2ccc(-c3nc4cc(Br)cnc4[nH]3)cc2)C1. The molecule has 0 spiro atoms. The second kappa shape index (κ2) is 14.3. The molecule has 3 aromatic rings. The number of H-pyrrole nitrogens is 1. The van der Waals surface area contributed by atoms with Crippen LogP contribution >= 0.6 is 15.9 Å². The molecule has 3 heterocycles. The Morgan fingerprint density at radius 2 is 1.65 bits per heavy atom. The van der Waals surface area contributed by atoms with E-state index in [1.165, 1.54) is 0 Å². The summed E-state index contributed by atoms with van der Waals surface area (Å²) in [6, 6.07) is 9.84. The first-order valence-electron chi connectivity index (χ1n) is 11.3. The average Bonchev–Trinajstić information content (AvgIpc) is 3.27. The van der Waals surface area contributed by atoms with Gasteiger partial charge >= 0.3 is 24.3 Å². The molecule has 1 aliphatic rings. The number of alkyl halides is 6. The van der Waals surface area contributed by atoms with E-state index in [1.54, 1.807) is 6.20 Å². The normalized spacial score (nSPS) is 15.8. The molecule has 0 radical (unpaired) electrons. The van der Waals surface area contributed by atoms with Gasteiger partial charge in [-0.15, -0.1) is 0 Å². The maximum Gasteiger partial charge on any atom is 0.490 e. The Bertz CT molecular complexity index is 1250. The van der Waals surface area contributed by atoms with E-state index < -0.39 is 24.3 Å². The van der Waals surface area contributed by atoms with E-state index in [0.717, 1.165) is 65.2 Å². The fraction of sp³-hybridized carbons (Fsp3) is 0.391. The van der Waals surface area contributed by atoms with Crippen molar-refractivity contribution in [3.8, 4) is 17.1 Å². The van der Waals surface area contributed by atoms with Gasteiger partial charge in [0.15, 0.2) is 5.65 Å². The molecule has 0 bridgehead atoms. The summed E-state index contributed by atoms with van der Waals surface area (Å²) in [7, 11) is 0. The van der Waals surface area contributed by atoms with E-state index >= 15 is 0 Å². The molecule has 10 nitrogen and oxygen atoms in total. The van der Waals surface area contributed by atoms with Crippen LogP contribution in [0.15, 0.2) is 41.0 Å². The summed E-state index contributed by atoms with van der Waals surface area (Å²) in [5.74, 6) is -3.89. The van der Waals surface area contributed by atoms with Crippen LogP contribution in [0.25, 0.3) is 22.6 Å². The summed E-state index contributed by atoms with van der Waals surface area (Å²) in [5, 5.41) is 24.0. The smallest absolute Gasteiger partial charge is 0.490 e. The van der Waals surface area contributed by atoms with Gasteiger partial charge in [0.05, 0.1) is 6.10 Å². The molecule has 40 heavy (non-hydrogen) atoms. The number of ether oxygens (including phenoxy) is 1. The van der Waals surface area contributed by atoms with E-state index in [0.29, 0.717) is 6.61 Å². The van der Waals surface area contributed by atoms with Gasteiger partial charge in [-0.05, 0) is 65.6 Å². The first-order chi connectivity index (χ1) is 18.6. The summed E-state index contributed by atoms with van der Waals surface area (Å²) in [5.41, 5.74) is 2.59. The molecule has 4 rings (SSSR count). The van der Waals surface area contributed by atoms with Crippen LogP contribution in [0.1, 0.15) is 12.8 Å². The number of fused-ring (bicyclic) bond motifs is 1. The molecule has 2 aromatic heterocycles. The maximum absolute atomic E-state index is 10.6. The van der Waals surface area contributed by atoms with E-state index in [2.05, 4.69) is 35.8 Å². The van der Waals surface area contributed by atoms with Crippen molar-refractivity contribution in [2.45, 2.75) is 31.3 Å². The number of likely N-dealkylation sites (tertiary alicyclic amines) is 1. The molecule has 4 N–H and O–H groups in total. The summed E-state index contributed by atoms with van der Waals surface area (Å²) < 4.78 is 70.2. The largest absolute Gasteiger partial charge is 0.492 e. The predicted octanol–water partition coefficient (Wildman–Crippen LogP) is 4.49. The number of β-amino-alcohol motifs (C(OH)–C–C–N with tert-alkyl or cyclic N) is 1. The molecular formula is C23H23BrF6N4O6. The van der Waals surface area contributed by atoms with Crippen LogP contribution in [0.4, 0.5) is 26.3 Å². The Hall–Kier alpha value is -3.44. The van der Waals surface area contributed by atoms with Gasteiger partial charge in [0.1, 0.15) is 23.7 Å². The number of halogens is 7. The molecular weight excluding hydrogens is 622 g/mol.